The van der Waals surface area contributed by atoms with Crippen molar-refractivity contribution < 1.29 is 4.79 Å². The smallest absolute Gasteiger partial charge is 0.223 e. The molecule has 0 radical (unpaired) electrons. The molecule has 3 nitrogen and oxygen atoms in total. The Labute approximate surface area is 165 Å². The SMILES string of the molecule is Cn1cc([C@@H](CC(=O)N2CCCCC2)c2ccc(Cl)cc2)c2ccccc21. The number of fused-ring (bicyclic) bond motifs is 1. The van der Waals surface area contributed by atoms with Crippen LogP contribution in [0.2, 0.25) is 5.02 Å². The fourth-order valence-electron chi connectivity index (χ4n) is 4.20. The molecule has 0 unspecified atom stereocenters. The summed E-state index contributed by atoms with van der Waals surface area (Å²) in [5.74, 6) is 0.283. The zero-order valence-corrected chi connectivity index (χ0v) is 16.5. The van der Waals surface area contributed by atoms with Crippen molar-refractivity contribution in [2.45, 2.75) is 31.6 Å². The monoisotopic (exact) mass is 380 g/mol. The summed E-state index contributed by atoms with van der Waals surface area (Å²) >= 11 is 6.11. The second-order valence-electron chi connectivity index (χ2n) is 7.46. The van der Waals surface area contributed by atoms with Gasteiger partial charge in [-0.1, -0.05) is 41.9 Å². The Morgan fingerprint density at radius 3 is 2.48 bits per heavy atom. The first kappa shape index (κ1) is 18.1. The van der Waals surface area contributed by atoms with Crippen LogP contribution in [0, 0.1) is 0 Å². The van der Waals surface area contributed by atoms with Crippen molar-refractivity contribution in [3.05, 3.63) is 70.9 Å². The minimum Gasteiger partial charge on any atom is -0.350 e. The van der Waals surface area contributed by atoms with Gasteiger partial charge in [-0.3, -0.25) is 4.79 Å². The third-order valence-electron chi connectivity index (χ3n) is 5.66. The van der Waals surface area contributed by atoms with Gasteiger partial charge >= 0.3 is 0 Å². The maximum atomic E-state index is 13.1. The summed E-state index contributed by atoms with van der Waals surface area (Å²) in [7, 11) is 2.07. The Balaban J connectivity index is 1.73. The van der Waals surface area contributed by atoms with Gasteiger partial charge in [0.1, 0.15) is 0 Å². The number of benzene rings is 2. The molecule has 1 amide bonds. The molecule has 27 heavy (non-hydrogen) atoms. The number of aryl methyl sites for hydroxylation is 1. The van der Waals surface area contributed by atoms with Crippen molar-refractivity contribution in [3.8, 4) is 0 Å². The van der Waals surface area contributed by atoms with Gasteiger partial charge in [-0.2, -0.15) is 0 Å². The fraction of sp³-hybridized carbons (Fsp3) is 0.348. The number of amides is 1. The van der Waals surface area contributed by atoms with E-state index in [-0.39, 0.29) is 11.8 Å². The van der Waals surface area contributed by atoms with Crippen molar-refractivity contribution >= 4 is 28.4 Å². The molecule has 0 spiro atoms. The summed E-state index contributed by atoms with van der Waals surface area (Å²) in [6, 6.07) is 16.3. The maximum Gasteiger partial charge on any atom is 0.223 e. The molecule has 4 heteroatoms. The Bertz CT molecular complexity index is 939. The van der Waals surface area contributed by atoms with E-state index in [2.05, 4.69) is 54.2 Å². The molecule has 3 aromatic rings. The van der Waals surface area contributed by atoms with E-state index in [0.29, 0.717) is 6.42 Å². The minimum atomic E-state index is 0.0304. The summed E-state index contributed by atoms with van der Waals surface area (Å²) in [6.07, 6.45) is 6.13. The fourth-order valence-corrected chi connectivity index (χ4v) is 4.33. The van der Waals surface area contributed by atoms with Gasteiger partial charge in [0, 0.05) is 54.6 Å². The van der Waals surface area contributed by atoms with Crippen molar-refractivity contribution in [2.24, 2.45) is 7.05 Å². The van der Waals surface area contributed by atoms with Crippen molar-refractivity contribution in [1.82, 2.24) is 9.47 Å². The van der Waals surface area contributed by atoms with Gasteiger partial charge in [-0.15, -0.1) is 0 Å². The molecular weight excluding hydrogens is 356 g/mol. The van der Waals surface area contributed by atoms with Gasteiger partial charge in [-0.25, -0.2) is 0 Å². The first-order valence-electron chi connectivity index (χ1n) is 9.70. The number of carbonyl (C=O) groups is 1. The lowest BCUT2D eigenvalue weighted by Crippen LogP contribution is -2.36. The van der Waals surface area contributed by atoms with E-state index < -0.39 is 0 Å². The molecule has 1 fully saturated rings. The molecule has 2 heterocycles. The number of carbonyl (C=O) groups excluding carboxylic acids is 1. The van der Waals surface area contributed by atoms with Crippen LogP contribution in [0.3, 0.4) is 0 Å². The molecule has 0 aliphatic carbocycles. The van der Waals surface area contributed by atoms with Crippen LogP contribution in [-0.2, 0) is 11.8 Å². The van der Waals surface area contributed by atoms with E-state index in [4.69, 9.17) is 11.6 Å². The number of nitrogens with zero attached hydrogens (tertiary/aromatic N) is 2. The highest BCUT2D eigenvalue weighted by Crippen LogP contribution is 2.35. The largest absolute Gasteiger partial charge is 0.350 e. The number of hydrogen-bond donors (Lipinski definition) is 0. The summed E-state index contributed by atoms with van der Waals surface area (Å²) < 4.78 is 2.15. The lowest BCUT2D eigenvalue weighted by atomic mass is 9.87. The molecule has 1 atom stereocenters. The number of para-hydroxylation sites is 1. The Morgan fingerprint density at radius 2 is 1.74 bits per heavy atom. The molecular formula is C23H25ClN2O. The Hall–Kier alpha value is -2.26. The van der Waals surface area contributed by atoms with E-state index in [9.17, 15) is 4.79 Å². The molecule has 4 rings (SSSR count). The zero-order valence-electron chi connectivity index (χ0n) is 15.7. The van der Waals surface area contributed by atoms with E-state index in [1.807, 2.05) is 17.0 Å². The maximum absolute atomic E-state index is 13.1. The van der Waals surface area contributed by atoms with Gasteiger partial charge in [0.2, 0.25) is 5.91 Å². The average Bonchev–Trinajstić information content (AvgIpc) is 3.04. The summed E-state index contributed by atoms with van der Waals surface area (Å²) in [6.45, 7) is 1.78. The highest BCUT2D eigenvalue weighted by atomic mass is 35.5. The van der Waals surface area contributed by atoms with Crippen LogP contribution >= 0.6 is 11.6 Å². The average molecular weight is 381 g/mol. The first-order chi connectivity index (χ1) is 13.1. The summed E-state index contributed by atoms with van der Waals surface area (Å²) in [5.41, 5.74) is 3.54. The predicted molar refractivity (Wildman–Crippen MR) is 111 cm³/mol. The van der Waals surface area contributed by atoms with E-state index in [1.54, 1.807) is 0 Å². The van der Waals surface area contributed by atoms with Crippen LogP contribution in [0.15, 0.2) is 54.7 Å². The van der Waals surface area contributed by atoms with Crippen LogP contribution in [0.4, 0.5) is 0 Å². The van der Waals surface area contributed by atoms with E-state index in [0.717, 1.165) is 36.5 Å². The van der Waals surface area contributed by atoms with Crippen LogP contribution in [-0.4, -0.2) is 28.5 Å². The Kier molecular flexibility index (Phi) is 5.22. The third-order valence-corrected chi connectivity index (χ3v) is 5.92. The highest BCUT2D eigenvalue weighted by Gasteiger charge is 2.25. The molecule has 1 aromatic heterocycles. The van der Waals surface area contributed by atoms with Crippen LogP contribution in [0.25, 0.3) is 10.9 Å². The van der Waals surface area contributed by atoms with Gasteiger partial charge < -0.3 is 9.47 Å². The number of piperidine rings is 1. The summed E-state index contributed by atoms with van der Waals surface area (Å²) in [4.78, 5) is 15.1. The molecule has 2 aromatic carbocycles. The van der Waals surface area contributed by atoms with Gasteiger partial charge in [0.25, 0.3) is 0 Å². The topological polar surface area (TPSA) is 25.2 Å². The third kappa shape index (κ3) is 3.74. The molecule has 0 saturated carbocycles. The van der Waals surface area contributed by atoms with Crippen molar-refractivity contribution in [1.29, 1.82) is 0 Å². The lowest BCUT2D eigenvalue weighted by molar-refractivity contribution is -0.132. The second kappa shape index (κ2) is 7.77. The number of likely N-dealkylation sites (tertiary alicyclic amines) is 1. The van der Waals surface area contributed by atoms with E-state index in [1.165, 1.54) is 22.9 Å². The number of rotatable bonds is 4. The van der Waals surface area contributed by atoms with Crippen molar-refractivity contribution in [2.75, 3.05) is 13.1 Å². The molecule has 0 N–H and O–H groups in total. The lowest BCUT2D eigenvalue weighted by Gasteiger charge is -2.28. The van der Waals surface area contributed by atoms with Crippen LogP contribution in [0.5, 0.6) is 0 Å². The number of halogens is 1. The quantitative estimate of drug-likeness (QED) is 0.597. The molecule has 140 valence electrons. The second-order valence-corrected chi connectivity index (χ2v) is 7.90. The van der Waals surface area contributed by atoms with Gasteiger partial charge in [0.15, 0.2) is 0 Å². The number of hydrogen-bond acceptors (Lipinski definition) is 1. The van der Waals surface area contributed by atoms with Crippen molar-refractivity contribution in [3.63, 3.8) is 0 Å². The van der Waals surface area contributed by atoms with Gasteiger partial charge in [0.05, 0.1) is 0 Å². The first-order valence-corrected chi connectivity index (χ1v) is 10.1. The minimum absolute atomic E-state index is 0.0304. The summed E-state index contributed by atoms with van der Waals surface area (Å²) in [5, 5.41) is 1.93. The molecule has 1 aliphatic heterocycles. The van der Waals surface area contributed by atoms with E-state index >= 15 is 0 Å². The number of aromatic nitrogens is 1. The highest BCUT2D eigenvalue weighted by molar-refractivity contribution is 6.30. The zero-order chi connectivity index (χ0) is 18.8. The normalized spacial score (nSPS) is 15.9. The van der Waals surface area contributed by atoms with Gasteiger partial charge in [-0.05, 0) is 48.6 Å². The Morgan fingerprint density at radius 1 is 1.04 bits per heavy atom. The molecule has 0 bridgehead atoms. The standard InChI is InChI=1S/C23H25ClN2O/c1-25-16-21(19-7-3-4-8-22(19)25)20(17-9-11-18(24)12-10-17)15-23(27)26-13-5-2-6-14-26/h3-4,7-12,16,20H,2,5-6,13-15H2,1H3/t20-/m0/s1. The molecule has 1 aliphatic rings. The molecule has 1 saturated heterocycles. The van der Waals surface area contributed by atoms with Crippen LogP contribution in [0.1, 0.15) is 42.7 Å². The van der Waals surface area contributed by atoms with Crippen LogP contribution < -0.4 is 0 Å². The predicted octanol–water partition coefficient (Wildman–Crippen LogP) is 5.37.